The van der Waals surface area contributed by atoms with Gasteiger partial charge in [-0.3, -0.25) is 0 Å². The van der Waals surface area contributed by atoms with Crippen LogP contribution in [0.4, 0.5) is 0 Å². The van der Waals surface area contributed by atoms with Crippen LogP contribution in [0.15, 0.2) is 0 Å². The maximum Gasteiger partial charge on any atom is 0.0743 e. The number of unbranched alkanes of at least 4 members (excludes halogenated alkanes) is 3. The first-order chi connectivity index (χ1) is 6.98. The van der Waals surface area contributed by atoms with Gasteiger partial charge < -0.3 is 10.4 Å². The van der Waals surface area contributed by atoms with E-state index in [9.17, 15) is 5.11 Å². The second kappa shape index (κ2) is 8.12. The zero-order valence-electron chi connectivity index (χ0n) is 11.0. The van der Waals surface area contributed by atoms with Gasteiger partial charge in [0.05, 0.1) is 5.60 Å². The van der Waals surface area contributed by atoms with Crippen LogP contribution in [0, 0.1) is 5.92 Å². The predicted molar refractivity (Wildman–Crippen MR) is 67.1 cm³/mol. The monoisotopic (exact) mass is 215 g/mol. The van der Waals surface area contributed by atoms with E-state index in [2.05, 4.69) is 26.1 Å². The molecule has 0 bridgehead atoms. The molecule has 15 heavy (non-hydrogen) atoms. The highest BCUT2D eigenvalue weighted by Crippen LogP contribution is 2.14. The largest absolute Gasteiger partial charge is 0.389 e. The van der Waals surface area contributed by atoms with E-state index in [0.717, 1.165) is 25.9 Å². The molecule has 0 fully saturated rings. The minimum atomic E-state index is -0.525. The van der Waals surface area contributed by atoms with Gasteiger partial charge in [0.2, 0.25) is 0 Å². The Labute approximate surface area is 95.5 Å². The second-order valence-corrected chi connectivity index (χ2v) is 5.33. The van der Waals surface area contributed by atoms with Gasteiger partial charge >= 0.3 is 0 Å². The van der Waals surface area contributed by atoms with E-state index in [0.29, 0.717) is 5.92 Å². The third-order valence-corrected chi connectivity index (χ3v) is 2.63. The lowest BCUT2D eigenvalue weighted by atomic mass is 9.98. The van der Waals surface area contributed by atoms with Crippen LogP contribution in [0.3, 0.4) is 0 Å². The Bertz CT molecular complexity index is 143. The molecule has 0 amide bonds. The van der Waals surface area contributed by atoms with Crippen molar-refractivity contribution in [3.8, 4) is 0 Å². The fraction of sp³-hybridized carbons (Fsp3) is 1.00. The van der Waals surface area contributed by atoms with Crippen molar-refractivity contribution in [1.29, 1.82) is 0 Å². The molecule has 0 heterocycles. The molecule has 2 heteroatoms. The van der Waals surface area contributed by atoms with E-state index in [-0.39, 0.29) is 0 Å². The molecular formula is C13H29NO. The number of nitrogens with one attached hydrogen (secondary N) is 1. The van der Waals surface area contributed by atoms with Gasteiger partial charge in [-0.1, -0.05) is 46.5 Å². The van der Waals surface area contributed by atoms with Crippen molar-refractivity contribution in [3.63, 3.8) is 0 Å². The summed E-state index contributed by atoms with van der Waals surface area (Å²) in [7, 11) is 0. The highest BCUT2D eigenvalue weighted by molar-refractivity contribution is 4.75. The summed E-state index contributed by atoms with van der Waals surface area (Å²) >= 11 is 0. The molecule has 0 aliphatic rings. The van der Waals surface area contributed by atoms with Gasteiger partial charge in [-0.15, -0.1) is 0 Å². The summed E-state index contributed by atoms with van der Waals surface area (Å²) in [5, 5.41) is 13.4. The standard InChI is InChI=1S/C13H29NO/c1-5-6-7-8-9-13(4,15)11-14-10-12(2)3/h12,14-15H,5-11H2,1-4H3. The first-order valence-corrected chi connectivity index (χ1v) is 6.41. The average Bonchev–Trinajstić information content (AvgIpc) is 2.11. The molecule has 1 unspecified atom stereocenters. The van der Waals surface area contributed by atoms with Crippen LogP contribution in [0.25, 0.3) is 0 Å². The molecule has 0 aromatic carbocycles. The van der Waals surface area contributed by atoms with E-state index >= 15 is 0 Å². The maximum atomic E-state index is 10.1. The van der Waals surface area contributed by atoms with Crippen molar-refractivity contribution in [2.45, 2.75) is 65.4 Å². The fourth-order valence-electron chi connectivity index (χ4n) is 1.65. The van der Waals surface area contributed by atoms with Crippen LogP contribution >= 0.6 is 0 Å². The number of hydrogen-bond donors (Lipinski definition) is 2. The van der Waals surface area contributed by atoms with Crippen molar-refractivity contribution < 1.29 is 5.11 Å². The third-order valence-electron chi connectivity index (χ3n) is 2.63. The third kappa shape index (κ3) is 10.2. The molecule has 2 N–H and O–H groups in total. The Kier molecular flexibility index (Phi) is 8.07. The van der Waals surface area contributed by atoms with Gasteiger partial charge in [-0.05, 0) is 25.8 Å². The van der Waals surface area contributed by atoms with Gasteiger partial charge in [0.15, 0.2) is 0 Å². The molecule has 0 aliphatic carbocycles. The molecule has 0 aromatic heterocycles. The Morgan fingerprint density at radius 3 is 2.40 bits per heavy atom. The van der Waals surface area contributed by atoms with Crippen LogP contribution in [0.5, 0.6) is 0 Å². The highest BCUT2D eigenvalue weighted by Gasteiger charge is 2.18. The number of aliphatic hydroxyl groups is 1. The molecule has 0 rings (SSSR count). The summed E-state index contributed by atoms with van der Waals surface area (Å²) in [6, 6.07) is 0. The summed E-state index contributed by atoms with van der Waals surface area (Å²) in [6.45, 7) is 10.2. The summed E-state index contributed by atoms with van der Waals surface area (Å²) in [5.41, 5.74) is -0.525. The highest BCUT2D eigenvalue weighted by atomic mass is 16.3. The minimum Gasteiger partial charge on any atom is -0.389 e. The van der Waals surface area contributed by atoms with Gasteiger partial charge in [0.25, 0.3) is 0 Å². The zero-order valence-corrected chi connectivity index (χ0v) is 11.0. The Morgan fingerprint density at radius 1 is 1.20 bits per heavy atom. The molecule has 0 aliphatic heterocycles. The Morgan fingerprint density at radius 2 is 1.87 bits per heavy atom. The van der Waals surface area contributed by atoms with Crippen LogP contribution in [-0.4, -0.2) is 23.8 Å². The quantitative estimate of drug-likeness (QED) is 0.580. The van der Waals surface area contributed by atoms with Crippen LogP contribution < -0.4 is 5.32 Å². The molecule has 2 nitrogen and oxygen atoms in total. The van der Waals surface area contributed by atoms with E-state index in [1.807, 2.05) is 6.92 Å². The van der Waals surface area contributed by atoms with E-state index < -0.39 is 5.60 Å². The van der Waals surface area contributed by atoms with Crippen LogP contribution in [0.2, 0.25) is 0 Å². The van der Waals surface area contributed by atoms with Crippen molar-refractivity contribution >= 4 is 0 Å². The average molecular weight is 215 g/mol. The fourth-order valence-corrected chi connectivity index (χ4v) is 1.65. The van der Waals surface area contributed by atoms with Crippen LogP contribution in [-0.2, 0) is 0 Å². The summed E-state index contributed by atoms with van der Waals surface area (Å²) in [6.07, 6.45) is 5.85. The van der Waals surface area contributed by atoms with E-state index in [1.165, 1.54) is 19.3 Å². The Balaban J connectivity index is 3.48. The predicted octanol–water partition coefficient (Wildman–Crippen LogP) is 2.95. The van der Waals surface area contributed by atoms with E-state index in [1.54, 1.807) is 0 Å². The lowest BCUT2D eigenvalue weighted by molar-refractivity contribution is 0.0476. The molecule has 0 spiro atoms. The topological polar surface area (TPSA) is 32.3 Å². The zero-order chi connectivity index (χ0) is 11.7. The SMILES string of the molecule is CCCCCCC(C)(O)CNCC(C)C. The molecule has 0 radical (unpaired) electrons. The maximum absolute atomic E-state index is 10.1. The second-order valence-electron chi connectivity index (χ2n) is 5.33. The molecule has 0 saturated heterocycles. The van der Waals surface area contributed by atoms with Crippen LogP contribution in [0.1, 0.15) is 59.8 Å². The van der Waals surface area contributed by atoms with Crippen molar-refractivity contribution in [3.05, 3.63) is 0 Å². The molecular weight excluding hydrogens is 186 g/mol. The van der Waals surface area contributed by atoms with Gasteiger partial charge in [0, 0.05) is 6.54 Å². The van der Waals surface area contributed by atoms with Crippen molar-refractivity contribution in [2.75, 3.05) is 13.1 Å². The molecule has 1 atom stereocenters. The Hall–Kier alpha value is -0.0800. The summed E-state index contributed by atoms with van der Waals surface area (Å²) in [5.74, 6) is 0.654. The van der Waals surface area contributed by atoms with Crippen molar-refractivity contribution in [1.82, 2.24) is 5.32 Å². The van der Waals surface area contributed by atoms with E-state index in [4.69, 9.17) is 0 Å². The first-order valence-electron chi connectivity index (χ1n) is 6.41. The molecule has 92 valence electrons. The first kappa shape index (κ1) is 14.9. The molecule has 0 saturated carbocycles. The smallest absolute Gasteiger partial charge is 0.0743 e. The molecule has 0 aromatic rings. The number of hydrogen-bond acceptors (Lipinski definition) is 2. The minimum absolute atomic E-state index is 0.525. The summed E-state index contributed by atoms with van der Waals surface area (Å²) < 4.78 is 0. The van der Waals surface area contributed by atoms with Crippen molar-refractivity contribution in [2.24, 2.45) is 5.92 Å². The van der Waals surface area contributed by atoms with Gasteiger partial charge in [0.1, 0.15) is 0 Å². The van der Waals surface area contributed by atoms with Gasteiger partial charge in [-0.25, -0.2) is 0 Å². The number of rotatable bonds is 9. The normalized spacial score (nSPS) is 15.6. The summed E-state index contributed by atoms with van der Waals surface area (Å²) in [4.78, 5) is 0. The lowest BCUT2D eigenvalue weighted by Gasteiger charge is -2.24. The lowest BCUT2D eigenvalue weighted by Crippen LogP contribution is -2.39. The van der Waals surface area contributed by atoms with Gasteiger partial charge in [-0.2, -0.15) is 0 Å².